The summed E-state index contributed by atoms with van der Waals surface area (Å²) in [6.45, 7) is 2.83. The second kappa shape index (κ2) is 15.2. The zero-order valence-corrected chi connectivity index (χ0v) is 30.6. The molecule has 288 valence electrons. The Morgan fingerprint density at radius 1 is 1.07 bits per heavy atom. The average molecular weight is 786 g/mol. The molecule has 0 saturated carbocycles. The quantitative estimate of drug-likeness (QED) is 0.184. The molecule has 6 rings (SSSR count). The highest BCUT2D eigenvalue weighted by molar-refractivity contribution is 6.33. The van der Waals surface area contributed by atoms with Gasteiger partial charge in [0, 0.05) is 48.6 Å². The van der Waals surface area contributed by atoms with Crippen LogP contribution in [0.15, 0.2) is 47.5 Å². The van der Waals surface area contributed by atoms with Gasteiger partial charge >= 0.3 is 6.18 Å². The summed E-state index contributed by atoms with van der Waals surface area (Å²) in [5, 5.41) is 21.2. The minimum Gasteiger partial charge on any atom is -0.504 e. The molecule has 0 radical (unpaired) electrons. The van der Waals surface area contributed by atoms with Gasteiger partial charge < -0.3 is 24.8 Å². The van der Waals surface area contributed by atoms with Gasteiger partial charge in [-0.3, -0.25) is 14.4 Å². The number of amides is 2. The van der Waals surface area contributed by atoms with Crippen molar-refractivity contribution in [2.45, 2.75) is 46.0 Å². The van der Waals surface area contributed by atoms with Crippen LogP contribution in [-0.2, 0) is 30.5 Å². The molecule has 2 N–H and O–H groups in total. The normalized spacial score (nSPS) is 13.4. The second-order valence-corrected chi connectivity index (χ2v) is 13.4. The van der Waals surface area contributed by atoms with Crippen LogP contribution in [0.25, 0.3) is 22.4 Å². The van der Waals surface area contributed by atoms with Crippen LogP contribution < -0.4 is 10.7 Å². The summed E-state index contributed by atoms with van der Waals surface area (Å²) in [4.78, 5) is 52.8. The molecule has 2 aromatic carbocycles. The number of hydrogen-bond donors (Lipinski definition) is 2. The number of benzene rings is 2. The lowest BCUT2D eigenvalue weighted by atomic mass is 9.95. The van der Waals surface area contributed by atoms with Gasteiger partial charge in [0.05, 0.1) is 27.7 Å². The van der Waals surface area contributed by atoms with E-state index in [0.717, 1.165) is 35.4 Å². The number of alkyl halides is 3. The lowest BCUT2D eigenvalue weighted by Gasteiger charge is -2.27. The van der Waals surface area contributed by atoms with E-state index in [9.17, 15) is 32.7 Å². The van der Waals surface area contributed by atoms with Crippen LogP contribution in [-0.4, -0.2) is 83.4 Å². The van der Waals surface area contributed by atoms with Crippen molar-refractivity contribution >= 4 is 45.8 Å². The highest BCUT2D eigenvalue weighted by Gasteiger charge is 2.32. The summed E-state index contributed by atoms with van der Waals surface area (Å²) in [6, 6.07) is 4.48. The summed E-state index contributed by atoms with van der Waals surface area (Å²) in [5.74, 6) is -3.41. The highest BCUT2D eigenvalue weighted by atomic mass is 35.5. The molecule has 0 saturated heterocycles. The zero-order valence-electron chi connectivity index (χ0n) is 29.8. The Morgan fingerprint density at radius 3 is 2.38 bits per heavy atom. The molecule has 0 spiro atoms. The first-order chi connectivity index (χ1) is 26.0. The summed E-state index contributed by atoms with van der Waals surface area (Å²) in [5.41, 5.74) is -1.37. The van der Waals surface area contributed by atoms with Crippen molar-refractivity contribution in [3.05, 3.63) is 103 Å². The Morgan fingerprint density at radius 2 is 1.78 bits per heavy atom. The summed E-state index contributed by atoms with van der Waals surface area (Å²) >= 11 is 6.10. The van der Waals surface area contributed by atoms with Gasteiger partial charge in [-0.1, -0.05) is 24.6 Å². The van der Waals surface area contributed by atoms with Crippen LogP contribution in [0.4, 0.5) is 27.6 Å². The molecule has 3 aromatic heterocycles. The molecule has 0 bridgehead atoms. The van der Waals surface area contributed by atoms with Gasteiger partial charge in [-0.2, -0.15) is 13.2 Å². The number of fused-ring (bicyclic) bond motifs is 1. The number of aromatic hydroxyl groups is 1. The van der Waals surface area contributed by atoms with Crippen molar-refractivity contribution in [1.82, 2.24) is 39.3 Å². The first-order valence-corrected chi connectivity index (χ1v) is 17.2. The van der Waals surface area contributed by atoms with Crippen LogP contribution in [0.2, 0.25) is 5.02 Å². The summed E-state index contributed by atoms with van der Waals surface area (Å²) in [7, 11) is 3.30. The predicted octanol–water partition coefficient (Wildman–Crippen LogP) is 5.53. The van der Waals surface area contributed by atoms with Gasteiger partial charge in [0.1, 0.15) is 24.5 Å². The monoisotopic (exact) mass is 785 g/mol. The van der Waals surface area contributed by atoms with Crippen molar-refractivity contribution in [2.75, 3.05) is 32.5 Å². The number of anilines is 1. The van der Waals surface area contributed by atoms with E-state index in [1.165, 1.54) is 16.4 Å². The Kier molecular flexibility index (Phi) is 10.7. The molecular weight excluding hydrogens is 753 g/mol. The maximum absolute atomic E-state index is 15.2. The van der Waals surface area contributed by atoms with Crippen molar-refractivity contribution in [3.63, 3.8) is 0 Å². The lowest BCUT2D eigenvalue weighted by molar-refractivity contribution is -0.137. The van der Waals surface area contributed by atoms with Gasteiger partial charge in [0.15, 0.2) is 22.6 Å². The molecule has 0 unspecified atom stereocenters. The van der Waals surface area contributed by atoms with Gasteiger partial charge in [0.25, 0.3) is 5.91 Å². The summed E-state index contributed by atoms with van der Waals surface area (Å²) in [6.07, 6.45) is -1.53. The first-order valence-electron chi connectivity index (χ1n) is 16.8. The minimum atomic E-state index is -4.67. The highest BCUT2D eigenvalue weighted by Crippen LogP contribution is 2.34. The molecule has 1 aliphatic rings. The van der Waals surface area contributed by atoms with E-state index in [0.29, 0.717) is 17.3 Å². The van der Waals surface area contributed by atoms with E-state index >= 15 is 8.78 Å². The maximum Gasteiger partial charge on any atom is 0.416 e. The van der Waals surface area contributed by atoms with Gasteiger partial charge in [0.2, 0.25) is 11.3 Å². The fraction of sp³-hybridized carbons (Fsp3) is 0.306. The van der Waals surface area contributed by atoms with E-state index in [-0.39, 0.29) is 88.3 Å². The average Bonchev–Trinajstić information content (AvgIpc) is 3.58. The first kappa shape index (κ1) is 39.0. The van der Waals surface area contributed by atoms with E-state index < -0.39 is 47.2 Å². The fourth-order valence-electron chi connectivity index (χ4n) is 6.28. The van der Waals surface area contributed by atoms with Gasteiger partial charge in [-0.15, -0.1) is 15.0 Å². The molecular formula is C36H33ClF5N9O4. The van der Waals surface area contributed by atoms with Crippen LogP contribution in [0.1, 0.15) is 51.9 Å². The van der Waals surface area contributed by atoms with E-state index in [2.05, 4.69) is 25.5 Å². The van der Waals surface area contributed by atoms with Crippen molar-refractivity contribution in [2.24, 2.45) is 0 Å². The number of carbonyl (C=O) groups is 2. The predicted molar refractivity (Wildman–Crippen MR) is 192 cm³/mol. The van der Waals surface area contributed by atoms with E-state index in [1.807, 2.05) is 0 Å². The van der Waals surface area contributed by atoms with Crippen LogP contribution in [0.3, 0.4) is 0 Å². The van der Waals surface area contributed by atoms with Crippen LogP contribution >= 0.6 is 11.6 Å². The van der Waals surface area contributed by atoms with Crippen molar-refractivity contribution in [1.29, 1.82) is 0 Å². The number of aromatic nitrogens is 6. The second-order valence-electron chi connectivity index (χ2n) is 13.0. The molecule has 4 heterocycles. The molecule has 55 heavy (non-hydrogen) atoms. The number of aryl methyl sites for hydroxylation is 1. The molecule has 5 aromatic rings. The molecule has 0 atom stereocenters. The van der Waals surface area contributed by atoms with Crippen LogP contribution in [0, 0.1) is 18.6 Å². The topological polar surface area (TPSA) is 151 Å². The number of halogens is 6. The third kappa shape index (κ3) is 7.77. The Hall–Kier alpha value is -5.75. The number of hydrogen-bond acceptors (Lipinski definition) is 9. The largest absolute Gasteiger partial charge is 0.504 e. The molecule has 0 fully saturated rings. The number of nitrogens with one attached hydrogen (secondary N) is 1. The Labute approximate surface area is 314 Å². The minimum absolute atomic E-state index is 0.0226. The third-order valence-electron chi connectivity index (χ3n) is 8.97. The maximum atomic E-state index is 15.2. The molecule has 19 heteroatoms. The van der Waals surface area contributed by atoms with Crippen molar-refractivity contribution < 1.29 is 36.6 Å². The zero-order chi connectivity index (χ0) is 39.9. The molecule has 1 aliphatic heterocycles. The van der Waals surface area contributed by atoms with Gasteiger partial charge in [-0.25, -0.2) is 18.7 Å². The van der Waals surface area contributed by atoms with E-state index in [1.54, 1.807) is 32.0 Å². The SMILES string of the molecule is CCc1c(C2=CCN(C(=O)c3ncnc(C)c3O)CC2)c(=O)c2nn(-c3cc(F)c(CN(C)C)c(F)c3)nc2n1CC(=O)Nc1ccc(C(F)(F)F)cc1Cl. The molecule has 13 nitrogen and oxygen atoms in total. The fourth-order valence-corrected chi connectivity index (χ4v) is 6.50. The number of rotatable bonds is 9. The Balaban J connectivity index is 1.44. The number of nitrogens with zero attached hydrogens (tertiary/aromatic N) is 8. The van der Waals surface area contributed by atoms with Crippen molar-refractivity contribution in [3.8, 4) is 11.4 Å². The Bertz CT molecular complexity index is 2420. The molecule has 2 amide bonds. The van der Waals surface area contributed by atoms with E-state index in [4.69, 9.17) is 11.6 Å². The lowest BCUT2D eigenvalue weighted by Crippen LogP contribution is -2.36. The smallest absolute Gasteiger partial charge is 0.416 e. The number of carbonyl (C=O) groups excluding carboxylic acids is 2. The van der Waals surface area contributed by atoms with Crippen LogP contribution in [0.5, 0.6) is 5.75 Å². The summed E-state index contributed by atoms with van der Waals surface area (Å²) < 4.78 is 71.4. The standard InChI is InChI=1S/C36H33ClF5N9O4/c1-5-27-29(19-8-10-49(11-9-19)35(55)31-32(53)18(2)43-17-44-31)33(54)30-34(47-51(46-30)21-13-24(38)22(15-48(3)4)25(39)14-21)50(27)16-28(52)45-26-7-6-20(12-23(26)37)36(40,41)42/h6-8,12-14,17,53H,5,9-11,15-16H2,1-4H3,(H,45,52). The molecule has 0 aliphatic carbocycles. The number of pyridine rings is 1. The van der Waals surface area contributed by atoms with Gasteiger partial charge in [-0.05, 0) is 57.6 Å². The third-order valence-corrected chi connectivity index (χ3v) is 9.28.